The second-order valence-electron chi connectivity index (χ2n) is 7.30. The zero-order chi connectivity index (χ0) is 20.5. The molecule has 7 heteroatoms. The maximum absolute atomic E-state index is 13.0. The quantitative estimate of drug-likeness (QED) is 0.795. The zero-order valence-corrected chi connectivity index (χ0v) is 17.8. The molecule has 0 spiro atoms. The van der Waals surface area contributed by atoms with E-state index in [4.69, 9.17) is 11.6 Å². The van der Waals surface area contributed by atoms with Gasteiger partial charge in [0.05, 0.1) is 10.9 Å². The van der Waals surface area contributed by atoms with E-state index in [0.717, 1.165) is 11.1 Å². The second kappa shape index (κ2) is 8.23. The highest BCUT2D eigenvalue weighted by Gasteiger charge is 2.39. The van der Waals surface area contributed by atoms with Gasteiger partial charge in [0.15, 0.2) is 0 Å². The van der Waals surface area contributed by atoms with E-state index in [1.54, 1.807) is 12.1 Å². The van der Waals surface area contributed by atoms with Gasteiger partial charge < -0.3 is 5.32 Å². The maximum Gasteiger partial charge on any atom is 0.243 e. The Labute approximate surface area is 171 Å². The first-order valence-electron chi connectivity index (χ1n) is 9.35. The number of hydrogen-bond donors (Lipinski definition) is 1. The normalized spacial score (nSPS) is 18.8. The van der Waals surface area contributed by atoms with Gasteiger partial charge in [-0.3, -0.25) is 4.79 Å². The van der Waals surface area contributed by atoms with E-state index in [0.29, 0.717) is 24.4 Å². The largest absolute Gasteiger partial charge is 0.348 e. The molecule has 0 bridgehead atoms. The molecule has 0 aromatic heterocycles. The fraction of sp³-hybridized carbons (Fsp3) is 0.381. The van der Waals surface area contributed by atoms with Crippen LogP contribution in [0.15, 0.2) is 47.4 Å². The molecule has 28 heavy (non-hydrogen) atoms. The molecule has 1 amide bonds. The molecule has 0 aliphatic carbocycles. The number of benzene rings is 2. The van der Waals surface area contributed by atoms with Gasteiger partial charge in [-0.05, 0) is 74.6 Å². The van der Waals surface area contributed by atoms with Gasteiger partial charge in [0.1, 0.15) is 6.04 Å². The molecular weight excluding hydrogens is 396 g/mol. The van der Waals surface area contributed by atoms with Gasteiger partial charge in [-0.25, -0.2) is 8.42 Å². The van der Waals surface area contributed by atoms with Crippen molar-refractivity contribution in [1.82, 2.24) is 9.62 Å². The molecule has 0 saturated carbocycles. The predicted octanol–water partition coefficient (Wildman–Crippen LogP) is 3.99. The van der Waals surface area contributed by atoms with Gasteiger partial charge in [-0.1, -0.05) is 29.8 Å². The van der Waals surface area contributed by atoms with Crippen LogP contribution in [0.3, 0.4) is 0 Å². The minimum Gasteiger partial charge on any atom is -0.348 e. The molecule has 2 aromatic carbocycles. The molecule has 150 valence electrons. The summed E-state index contributed by atoms with van der Waals surface area (Å²) in [5, 5.41) is 3.45. The van der Waals surface area contributed by atoms with Gasteiger partial charge in [-0.15, -0.1) is 0 Å². The van der Waals surface area contributed by atoms with E-state index in [9.17, 15) is 13.2 Å². The number of hydrogen-bond acceptors (Lipinski definition) is 3. The summed E-state index contributed by atoms with van der Waals surface area (Å²) in [6, 6.07) is 11.2. The molecule has 3 rings (SSSR count). The number of aryl methyl sites for hydroxylation is 2. The van der Waals surface area contributed by atoms with Crippen LogP contribution in [0.4, 0.5) is 0 Å². The van der Waals surface area contributed by atoms with Gasteiger partial charge in [-0.2, -0.15) is 4.31 Å². The smallest absolute Gasteiger partial charge is 0.243 e. The highest BCUT2D eigenvalue weighted by Crippen LogP contribution is 2.28. The average molecular weight is 421 g/mol. The lowest BCUT2D eigenvalue weighted by Gasteiger charge is -2.25. The SMILES string of the molecule is Cc1ccc([C@H](C)NC(=O)[C@H]2CCCN2S(=O)(=O)c2ccc(Cl)cc2)cc1C. The Morgan fingerprint density at radius 2 is 1.82 bits per heavy atom. The standard InChI is InChI=1S/C21H25ClN2O3S/c1-14-6-7-17(13-15(14)2)16(3)23-21(25)20-5-4-12-24(20)28(26,27)19-10-8-18(22)9-11-19/h6-11,13,16,20H,4-5,12H2,1-3H3,(H,23,25)/t16-,20+/m0/s1. The van der Waals surface area contributed by atoms with Crippen LogP contribution >= 0.6 is 11.6 Å². The molecule has 1 saturated heterocycles. The average Bonchev–Trinajstić information content (AvgIpc) is 3.15. The maximum atomic E-state index is 13.0. The van der Waals surface area contributed by atoms with Crippen molar-refractivity contribution in [2.75, 3.05) is 6.54 Å². The first-order valence-corrected chi connectivity index (χ1v) is 11.2. The van der Waals surface area contributed by atoms with Crippen LogP contribution in [0.1, 0.15) is 42.5 Å². The van der Waals surface area contributed by atoms with Crippen LogP contribution in [0.5, 0.6) is 0 Å². The molecule has 0 unspecified atom stereocenters. The van der Waals surface area contributed by atoms with E-state index in [1.807, 2.05) is 32.9 Å². The monoisotopic (exact) mass is 420 g/mol. The fourth-order valence-corrected chi connectivity index (χ4v) is 5.24. The van der Waals surface area contributed by atoms with Crippen molar-refractivity contribution in [1.29, 1.82) is 0 Å². The van der Waals surface area contributed by atoms with Gasteiger partial charge in [0, 0.05) is 11.6 Å². The number of carbonyl (C=O) groups excluding carboxylic acids is 1. The van der Waals surface area contributed by atoms with Crippen LogP contribution in [0.25, 0.3) is 0 Å². The third-order valence-electron chi connectivity index (χ3n) is 5.32. The third kappa shape index (κ3) is 4.24. The van der Waals surface area contributed by atoms with Crippen molar-refractivity contribution in [2.24, 2.45) is 0 Å². The Balaban J connectivity index is 1.77. The van der Waals surface area contributed by atoms with Gasteiger partial charge >= 0.3 is 0 Å². The highest BCUT2D eigenvalue weighted by atomic mass is 35.5. The van der Waals surface area contributed by atoms with E-state index < -0.39 is 16.1 Å². The summed E-state index contributed by atoms with van der Waals surface area (Å²) in [5.41, 5.74) is 3.35. The summed E-state index contributed by atoms with van der Waals surface area (Å²) < 4.78 is 27.3. The lowest BCUT2D eigenvalue weighted by molar-refractivity contribution is -0.124. The van der Waals surface area contributed by atoms with Crippen molar-refractivity contribution in [2.45, 2.75) is 50.6 Å². The van der Waals surface area contributed by atoms with E-state index in [2.05, 4.69) is 11.4 Å². The van der Waals surface area contributed by atoms with Crippen LogP contribution in [0.2, 0.25) is 5.02 Å². The summed E-state index contributed by atoms with van der Waals surface area (Å²) in [5.74, 6) is -0.263. The van der Waals surface area contributed by atoms with E-state index in [1.165, 1.54) is 22.0 Å². The van der Waals surface area contributed by atoms with Crippen molar-refractivity contribution < 1.29 is 13.2 Å². The minimum atomic E-state index is -3.75. The fourth-order valence-electron chi connectivity index (χ4n) is 3.46. The van der Waals surface area contributed by atoms with Crippen LogP contribution in [-0.4, -0.2) is 31.2 Å². The first-order chi connectivity index (χ1) is 13.2. The molecule has 5 nitrogen and oxygen atoms in total. The second-order valence-corrected chi connectivity index (χ2v) is 9.63. The summed E-state index contributed by atoms with van der Waals surface area (Å²) in [6.07, 6.45) is 1.17. The van der Waals surface area contributed by atoms with Crippen LogP contribution in [-0.2, 0) is 14.8 Å². The number of halogens is 1. The topological polar surface area (TPSA) is 66.5 Å². The number of amides is 1. The summed E-state index contributed by atoms with van der Waals surface area (Å²) in [4.78, 5) is 13.0. The Bertz CT molecular complexity index is 974. The number of rotatable bonds is 5. The molecule has 2 atom stereocenters. The van der Waals surface area contributed by atoms with Gasteiger partial charge in [0.25, 0.3) is 0 Å². The van der Waals surface area contributed by atoms with Crippen LogP contribution < -0.4 is 5.32 Å². The highest BCUT2D eigenvalue weighted by molar-refractivity contribution is 7.89. The van der Waals surface area contributed by atoms with Crippen molar-refractivity contribution in [3.8, 4) is 0 Å². The Kier molecular flexibility index (Phi) is 6.12. The van der Waals surface area contributed by atoms with E-state index in [-0.39, 0.29) is 16.8 Å². The molecule has 1 fully saturated rings. The third-order valence-corrected chi connectivity index (χ3v) is 7.49. The Morgan fingerprint density at radius 3 is 2.46 bits per heavy atom. The van der Waals surface area contributed by atoms with Crippen LogP contribution in [0, 0.1) is 13.8 Å². The summed E-state index contributed by atoms with van der Waals surface area (Å²) in [6.45, 7) is 6.32. The molecule has 1 aliphatic rings. The lowest BCUT2D eigenvalue weighted by Crippen LogP contribution is -2.46. The zero-order valence-electron chi connectivity index (χ0n) is 16.3. The molecular formula is C21H25ClN2O3S. The lowest BCUT2D eigenvalue weighted by atomic mass is 10.0. The van der Waals surface area contributed by atoms with Gasteiger partial charge in [0.2, 0.25) is 15.9 Å². The van der Waals surface area contributed by atoms with Crippen molar-refractivity contribution in [3.05, 3.63) is 64.2 Å². The minimum absolute atomic E-state index is 0.152. The molecule has 2 aromatic rings. The molecule has 1 aliphatic heterocycles. The number of nitrogens with one attached hydrogen (secondary N) is 1. The Morgan fingerprint density at radius 1 is 1.14 bits per heavy atom. The molecule has 1 N–H and O–H groups in total. The van der Waals surface area contributed by atoms with Crippen molar-refractivity contribution in [3.63, 3.8) is 0 Å². The Hall–Kier alpha value is -1.89. The predicted molar refractivity (Wildman–Crippen MR) is 111 cm³/mol. The molecule has 0 radical (unpaired) electrons. The number of nitrogens with zero attached hydrogens (tertiary/aromatic N) is 1. The summed E-state index contributed by atoms with van der Waals surface area (Å²) >= 11 is 5.86. The number of sulfonamides is 1. The molecule has 1 heterocycles. The first kappa shape index (κ1) is 20.8. The number of carbonyl (C=O) groups is 1. The van der Waals surface area contributed by atoms with E-state index >= 15 is 0 Å². The summed E-state index contributed by atoms with van der Waals surface area (Å²) in [7, 11) is -3.75. The van der Waals surface area contributed by atoms with Crippen molar-refractivity contribution >= 4 is 27.5 Å².